The summed E-state index contributed by atoms with van der Waals surface area (Å²) in [6.07, 6.45) is 1.01. The van der Waals surface area contributed by atoms with E-state index in [-0.39, 0.29) is 5.41 Å². The van der Waals surface area contributed by atoms with Crippen LogP contribution in [0.4, 0.5) is 5.69 Å². The van der Waals surface area contributed by atoms with E-state index in [1.807, 2.05) is 12.1 Å². The smallest absolute Gasteiger partial charge is 0.0491 e. The fraction of sp³-hybridized carbons (Fsp3) is 0.455. The summed E-state index contributed by atoms with van der Waals surface area (Å²) in [5.41, 5.74) is 8.33. The zero-order valence-electron chi connectivity index (χ0n) is 8.39. The lowest BCUT2D eigenvalue weighted by Crippen LogP contribution is -2.10. The van der Waals surface area contributed by atoms with E-state index >= 15 is 0 Å². The van der Waals surface area contributed by atoms with Crippen molar-refractivity contribution in [3.05, 3.63) is 28.2 Å². The number of hydrogen-bond donors (Lipinski definition) is 1. The first-order valence-electron chi connectivity index (χ1n) is 4.43. The molecule has 0 saturated heterocycles. The molecule has 1 aromatic rings. The fourth-order valence-electron chi connectivity index (χ4n) is 1.31. The van der Waals surface area contributed by atoms with Gasteiger partial charge in [-0.05, 0) is 39.4 Å². The third kappa shape index (κ3) is 3.03. The van der Waals surface area contributed by atoms with Crippen molar-refractivity contribution in [2.45, 2.75) is 27.2 Å². The first kappa shape index (κ1) is 10.6. The number of halogens is 1. The van der Waals surface area contributed by atoms with Crippen LogP contribution < -0.4 is 5.73 Å². The van der Waals surface area contributed by atoms with E-state index in [0.717, 1.165) is 16.6 Å². The van der Waals surface area contributed by atoms with Crippen LogP contribution in [-0.2, 0) is 6.42 Å². The highest BCUT2D eigenvalue weighted by molar-refractivity contribution is 9.10. The minimum atomic E-state index is 0.287. The lowest BCUT2D eigenvalue weighted by atomic mass is 9.87. The standard InChI is InChI=1S/C11H16BrN/c1-11(2,3)7-8-5-4-6-9(12)10(8)13/h4-6H,7,13H2,1-3H3. The topological polar surface area (TPSA) is 26.0 Å². The van der Waals surface area contributed by atoms with E-state index in [1.165, 1.54) is 5.56 Å². The van der Waals surface area contributed by atoms with Crippen molar-refractivity contribution in [3.63, 3.8) is 0 Å². The molecule has 2 N–H and O–H groups in total. The summed E-state index contributed by atoms with van der Waals surface area (Å²) >= 11 is 3.43. The second-order valence-corrected chi connectivity index (χ2v) is 5.40. The predicted molar refractivity (Wildman–Crippen MR) is 61.7 cm³/mol. The van der Waals surface area contributed by atoms with Crippen LogP contribution in [0.15, 0.2) is 22.7 Å². The molecule has 1 nitrogen and oxygen atoms in total. The zero-order chi connectivity index (χ0) is 10.1. The summed E-state index contributed by atoms with van der Waals surface area (Å²) in [4.78, 5) is 0. The van der Waals surface area contributed by atoms with E-state index in [9.17, 15) is 0 Å². The molecule has 13 heavy (non-hydrogen) atoms. The van der Waals surface area contributed by atoms with Gasteiger partial charge in [0.1, 0.15) is 0 Å². The molecular weight excluding hydrogens is 226 g/mol. The lowest BCUT2D eigenvalue weighted by Gasteiger charge is -2.19. The van der Waals surface area contributed by atoms with Crippen molar-refractivity contribution in [2.24, 2.45) is 5.41 Å². The van der Waals surface area contributed by atoms with Crippen LogP contribution >= 0.6 is 15.9 Å². The van der Waals surface area contributed by atoms with Crippen molar-refractivity contribution in [1.29, 1.82) is 0 Å². The first-order chi connectivity index (χ1) is 5.90. The number of nitrogen functional groups attached to an aromatic ring is 1. The van der Waals surface area contributed by atoms with E-state index in [0.29, 0.717) is 0 Å². The van der Waals surface area contributed by atoms with E-state index < -0.39 is 0 Å². The molecular formula is C11H16BrN. The molecule has 1 rings (SSSR count). The largest absolute Gasteiger partial charge is 0.398 e. The Labute approximate surface area is 88.5 Å². The molecule has 0 aliphatic rings. The molecule has 0 fully saturated rings. The van der Waals surface area contributed by atoms with Gasteiger partial charge in [0.05, 0.1) is 0 Å². The van der Waals surface area contributed by atoms with Gasteiger partial charge in [-0.15, -0.1) is 0 Å². The lowest BCUT2D eigenvalue weighted by molar-refractivity contribution is 0.412. The zero-order valence-corrected chi connectivity index (χ0v) is 9.98. The number of hydrogen-bond acceptors (Lipinski definition) is 1. The third-order valence-corrected chi connectivity index (χ3v) is 2.56. The quantitative estimate of drug-likeness (QED) is 0.748. The molecule has 1 aromatic carbocycles. The number of benzene rings is 1. The molecule has 0 unspecified atom stereocenters. The number of rotatable bonds is 1. The maximum absolute atomic E-state index is 5.94. The van der Waals surface area contributed by atoms with Crippen molar-refractivity contribution >= 4 is 21.6 Å². The van der Waals surface area contributed by atoms with Crippen molar-refractivity contribution in [1.82, 2.24) is 0 Å². The molecule has 0 radical (unpaired) electrons. The van der Waals surface area contributed by atoms with Gasteiger partial charge >= 0.3 is 0 Å². The highest BCUT2D eigenvalue weighted by atomic mass is 79.9. The summed E-state index contributed by atoms with van der Waals surface area (Å²) in [7, 11) is 0. The molecule has 0 heterocycles. The third-order valence-electron chi connectivity index (χ3n) is 1.86. The number of anilines is 1. The minimum absolute atomic E-state index is 0.287. The minimum Gasteiger partial charge on any atom is -0.398 e. The van der Waals surface area contributed by atoms with E-state index in [4.69, 9.17) is 5.73 Å². The Kier molecular flexibility index (Phi) is 3.01. The van der Waals surface area contributed by atoms with Crippen molar-refractivity contribution in [3.8, 4) is 0 Å². The normalized spacial score (nSPS) is 11.7. The Bertz CT molecular complexity index is 299. The Hall–Kier alpha value is -0.500. The van der Waals surface area contributed by atoms with Crippen LogP contribution in [0.5, 0.6) is 0 Å². The maximum Gasteiger partial charge on any atom is 0.0491 e. The van der Waals surface area contributed by atoms with Gasteiger partial charge in [0.25, 0.3) is 0 Å². The van der Waals surface area contributed by atoms with E-state index in [2.05, 4.69) is 42.8 Å². The molecule has 0 amide bonds. The summed E-state index contributed by atoms with van der Waals surface area (Å²) in [5.74, 6) is 0. The van der Waals surface area contributed by atoms with E-state index in [1.54, 1.807) is 0 Å². The van der Waals surface area contributed by atoms with Crippen LogP contribution in [0, 0.1) is 5.41 Å². The van der Waals surface area contributed by atoms with Crippen LogP contribution in [0.2, 0.25) is 0 Å². The van der Waals surface area contributed by atoms with Gasteiger partial charge in [0.2, 0.25) is 0 Å². The molecule has 0 aromatic heterocycles. The van der Waals surface area contributed by atoms with Crippen LogP contribution in [0.25, 0.3) is 0 Å². The Balaban J connectivity index is 2.96. The first-order valence-corrected chi connectivity index (χ1v) is 5.22. The average Bonchev–Trinajstić information content (AvgIpc) is 1.96. The van der Waals surface area contributed by atoms with Crippen LogP contribution in [0.1, 0.15) is 26.3 Å². The molecule has 0 bridgehead atoms. The summed E-state index contributed by atoms with van der Waals surface area (Å²) in [6.45, 7) is 6.65. The summed E-state index contributed by atoms with van der Waals surface area (Å²) in [5, 5.41) is 0. The van der Waals surface area contributed by atoms with Gasteiger partial charge in [-0.1, -0.05) is 32.9 Å². The Morgan fingerprint density at radius 2 is 1.92 bits per heavy atom. The average molecular weight is 242 g/mol. The maximum atomic E-state index is 5.94. The molecule has 0 aliphatic heterocycles. The molecule has 0 saturated carbocycles. The van der Waals surface area contributed by atoms with Gasteiger partial charge in [0.15, 0.2) is 0 Å². The molecule has 0 aliphatic carbocycles. The van der Waals surface area contributed by atoms with Gasteiger partial charge in [-0.25, -0.2) is 0 Å². The highest BCUT2D eigenvalue weighted by Gasteiger charge is 2.13. The van der Waals surface area contributed by atoms with Crippen molar-refractivity contribution in [2.75, 3.05) is 5.73 Å². The SMILES string of the molecule is CC(C)(C)Cc1cccc(Br)c1N. The second-order valence-electron chi connectivity index (χ2n) is 4.55. The van der Waals surface area contributed by atoms with Gasteiger partial charge in [-0.3, -0.25) is 0 Å². The van der Waals surface area contributed by atoms with Gasteiger partial charge in [-0.2, -0.15) is 0 Å². The highest BCUT2D eigenvalue weighted by Crippen LogP contribution is 2.28. The number of para-hydroxylation sites is 1. The van der Waals surface area contributed by atoms with Gasteiger partial charge < -0.3 is 5.73 Å². The predicted octanol–water partition coefficient (Wildman–Crippen LogP) is 3.62. The summed E-state index contributed by atoms with van der Waals surface area (Å²) < 4.78 is 0.995. The summed E-state index contributed by atoms with van der Waals surface area (Å²) in [6, 6.07) is 6.09. The van der Waals surface area contributed by atoms with Crippen LogP contribution in [-0.4, -0.2) is 0 Å². The second kappa shape index (κ2) is 3.70. The van der Waals surface area contributed by atoms with Crippen molar-refractivity contribution < 1.29 is 0 Å². The fourth-order valence-corrected chi connectivity index (χ4v) is 1.71. The molecule has 2 heteroatoms. The molecule has 0 atom stereocenters. The van der Waals surface area contributed by atoms with Crippen LogP contribution in [0.3, 0.4) is 0 Å². The Morgan fingerprint density at radius 3 is 2.46 bits per heavy atom. The molecule has 0 spiro atoms. The molecule has 72 valence electrons. The Morgan fingerprint density at radius 1 is 1.31 bits per heavy atom. The monoisotopic (exact) mass is 241 g/mol. The van der Waals surface area contributed by atoms with Gasteiger partial charge in [0, 0.05) is 10.2 Å². The number of nitrogens with two attached hydrogens (primary N) is 1.